The molecular formula is C29H37N3O10. The second-order valence-corrected chi connectivity index (χ2v) is 11.1. The lowest BCUT2D eigenvalue weighted by molar-refractivity contribution is -0.305. The Hall–Kier alpha value is -3.91. The monoisotopic (exact) mass is 587 g/mol. The van der Waals surface area contributed by atoms with Crippen LogP contribution in [0.15, 0.2) is 33.5 Å². The first-order valence-corrected chi connectivity index (χ1v) is 13.4. The van der Waals surface area contributed by atoms with Crippen molar-refractivity contribution in [2.45, 2.75) is 64.3 Å². The number of methoxy groups -OCH3 is 1. The van der Waals surface area contributed by atoms with Crippen molar-refractivity contribution >= 4 is 28.5 Å². The number of nitrogens with one attached hydrogen (secondary N) is 2. The van der Waals surface area contributed by atoms with Crippen molar-refractivity contribution in [3.05, 3.63) is 51.6 Å². The molecule has 3 heterocycles. The Morgan fingerprint density at radius 1 is 1.17 bits per heavy atom. The number of carbonyl (C=O) groups is 2. The summed E-state index contributed by atoms with van der Waals surface area (Å²) in [6.45, 7) is 7.26. The summed E-state index contributed by atoms with van der Waals surface area (Å²) in [5.41, 5.74) is -1.05. The van der Waals surface area contributed by atoms with Crippen molar-refractivity contribution in [1.29, 1.82) is 0 Å². The van der Waals surface area contributed by atoms with Crippen LogP contribution in [0, 0.1) is 13.8 Å². The van der Waals surface area contributed by atoms with E-state index in [4.69, 9.17) is 23.4 Å². The summed E-state index contributed by atoms with van der Waals surface area (Å²) in [6, 6.07) is 6.26. The van der Waals surface area contributed by atoms with E-state index in [2.05, 4.69) is 10.3 Å². The number of aliphatic hydroxyl groups is 1. The molecule has 3 aromatic rings. The van der Waals surface area contributed by atoms with E-state index in [1.54, 1.807) is 39.8 Å². The number of H-pyrrole nitrogens is 1. The third kappa shape index (κ3) is 6.28. The number of nitrogens with zero attached hydrogens (tertiary/aromatic N) is 1. The van der Waals surface area contributed by atoms with Gasteiger partial charge in [0.2, 0.25) is 12.2 Å². The van der Waals surface area contributed by atoms with Gasteiger partial charge in [0.1, 0.15) is 23.1 Å². The molecule has 0 unspecified atom stereocenters. The second-order valence-electron chi connectivity index (χ2n) is 11.1. The lowest BCUT2D eigenvalue weighted by Gasteiger charge is -2.47. The molecule has 228 valence electrons. The van der Waals surface area contributed by atoms with Gasteiger partial charge in [-0.05, 0) is 66.1 Å². The molecule has 1 fully saturated rings. The maximum Gasteiger partial charge on any atom is 0.364 e. The van der Waals surface area contributed by atoms with Gasteiger partial charge < -0.3 is 48.8 Å². The number of aromatic nitrogens is 1. The van der Waals surface area contributed by atoms with E-state index in [1.807, 2.05) is 19.0 Å². The molecule has 1 aliphatic heterocycles. The number of anilines is 1. The zero-order valence-electron chi connectivity index (χ0n) is 24.6. The quantitative estimate of drug-likeness (QED) is 0.214. The predicted molar refractivity (Wildman–Crippen MR) is 152 cm³/mol. The molecule has 1 saturated heterocycles. The number of rotatable bonds is 9. The third-order valence-electron chi connectivity index (χ3n) is 7.11. The van der Waals surface area contributed by atoms with Crippen molar-refractivity contribution in [2.24, 2.45) is 0 Å². The van der Waals surface area contributed by atoms with Crippen LogP contribution in [0.2, 0.25) is 0 Å². The maximum atomic E-state index is 12.8. The van der Waals surface area contributed by atoms with E-state index in [0.717, 1.165) is 5.69 Å². The number of ether oxygens (including phenoxy) is 4. The van der Waals surface area contributed by atoms with E-state index in [-0.39, 0.29) is 34.5 Å². The molecule has 42 heavy (non-hydrogen) atoms. The highest BCUT2D eigenvalue weighted by Gasteiger charge is 2.53. The fourth-order valence-corrected chi connectivity index (χ4v) is 4.88. The number of fused-ring (bicyclic) bond motifs is 1. The Morgan fingerprint density at radius 2 is 1.88 bits per heavy atom. The molecule has 1 aromatic carbocycles. The Kier molecular flexibility index (Phi) is 8.97. The van der Waals surface area contributed by atoms with Crippen LogP contribution in [0.4, 0.5) is 5.69 Å². The number of amides is 1. The Balaban J connectivity index is 1.61. The molecule has 0 saturated carbocycles. The van der Waals surface area contributed by atoms with E-state index < -0.39 is 53.5 Å². The Bertz CT molecular complexity index is 1530. The van der Waals surface area contributed by atoms with Crippen molar-refractivity contribution in [1.82, 2.24) is 9.88 Å². The topological polar surface area (TPSA) is 173 Å². The summed E-state index contributed by atoms with van der Waals surface area (Å²) in [4.78, 5) is 42.6. The van der Waals surface area contributed by atoms with Gasteiger partial charge in [-0.15, -0.1) is 0 Å². The Labute approximate surface area is 242 Å². The molecule has 0 spiro atoms. The van der Waals surface area contributed by atoms with E-state index in [1.165, 1.54) is 19.2 Å². The van der Waals surface area contributed by atoms with Crippen LogP contribution in [0.5, 0.6) is 11.5 Å². The zero-order valence-corrected chi connectivity index (χ0v) is 24.6. The van der Waals surface area contributed by atoms with Gasteiger partial charge >= 0.3 is 11.6 Å². The van der Waals surface area contributed by atoms with Gasteiger partial charge in [-0.1, -0.05) is 0 Å². The van der Waals surface area contributed by atoms with Crippen molar-refractivity contribution in [3.63, 3.8) is 0 Å². The normalized spacial score (nSPS) is 21.8. The first-order valence-electron chi connectivity index (χ1n) is 13.4. The van der Waals surface area contributed by atoms with Gasteiger partial charge in [-0.3, -0.25) is 4.79 Å². The molecule has 13 heteroatoms. The van der Waals surface area contributed by atoms with Gasteiger partial charge in [0, 0.05) is 31.3 Å². The number of aromatic amines is 1. The molecule has 0 radical (unpaired) electrons. The van der Waals surface area contributed by atoms with Gasteiger partial charge in [-0.2, -0.15) is 0 Å². The molecule has 2 aromatic heterocycles. The van der Waals surface area contributed by atoms with E-state index in [0.29, 0.717) is 12.1 Å². The first-order chi connectivity index (χ1) is 19.7. The van der Waals surface area contributed by atoms with Crippen molar-refractivity contribution in [2.75, 3.05) is 33.1 Å². The van der Waals surface area contributed by atoms with Gasteiger partial charge in [0.25, 0.3) is 0 Å². The first kappa shape index (κ1) is 31.0. The molecule has 4 atom stereocenters. The molecule has 0 bridgehead atoms. The van der Waals surface area contributed by atoms with Crippen molar-refractivity contribution in [3.8, 4) is 11.5 Å². The standard InChI is InChI=1S/C29H37N3O10/c1-14-8-10-17(30-14)26(36)41-24-22(35)28(42-29(3,4)25(24)38-7)39-18-11-9-16-21(34)20(27(37)40-23(16)15(18)2)31-19(33)12-13-32(5)6/h8-11,22,24-25,28,30,34-35H,12-13H2,1-7H3,(H,31,33)/t22-,24+,25-,28-/m1/s1. The molecule has 0 aliphatic carbocycles. The summed E-state index contributed by atoms with van der Waals surface area (Å²) in [6.07, 6.45) is -4.69. The Morgan fingerprint density at radius 3 is 2.50 bits per heavy atom. The smallest absolute Gasteiger partial charge is 0.364 e. The average molecular weight is 588 g/mol. The van der Waals surface area contributed by atoms with Crippen LogP contribution in [-0.2, 0) is 19.0 Å². The molecule has 13 nitrogen and oxygen atoms in total. The predicted octanol–water partition coefficient (Wildman–Crippen LogP) is 2.45. The number of carbonyl (C=O) groups excluding carboxylic acids is 2. The SMILES string of the molecule is CO[C@@H]1[C@@H](OC(=O)c2ccc(C)[nH]2)[C@@H](O)[C@H](Oc2ccc3c(O)c(NC(=O)CCN(C)C)c(=O)oc3c2C)OC1(C)C. The number of hydrogen-bond acceptors (Lipinski definition) is 11. The van der Waals surface area contributed by atoms with Crippen LogP contribution >= 0.6 is 0 Å². The van der Waals surface area contributed by atoms with Crippen LogP contribution in [-0.4, -0.2) is 89.9 Å². The summed E-state index contributed by atoms with van der Waals surface area (Å²) in [5, 5.41) is 24.6. The number of benzene rings is 1. The molecule has 4 N–H and O–H groups in total. The molecule has 1 amide bonds. The third-order valence-corrected chi connectivity index (χ3v) is 7.11. The summed E-state index contributed by atoms with van der Waals surface area (Å²) < 4.78 is 28.8. The number of aromatic hydroxyl groups is 1. The minimum absolute atomic E-state index is 0.0192. The summed E-state index contributed by atoms with van der Waals surface area (Å²) in [7, 11) is 5.04. The largest absolute Gasteiger partial charge is 0.505 e. The van der Waals surface area contributed by atoms with E-state index in [9.17, 15) is 24.6 Å². The molecule has 1 aliphatic rings. The molecule has 4 rings (SSSR count). The number of esters is 1. The van der Waals surface area contributed by atoms with Crippen molar-refractivity contribution < 1.29 is 43.2 Å². The highest BCUT2D eigenvalue weighted by Crippen LogP contribution is 2.38. The highest BCUT2D eigenvalue weighted by molar-refractivity contribution is 5.98. The second kappa shape index (κ2) is 12.1. The van der Waals surface area contributed by atoms with Gasteiger partial charge in [-0.25, -0.2) is 9.59 Å². The lowest BCUT2D eigenvalue weighted by Crippen LogP contribution is -2.65. The fraction of sp³-hybridized carbons (Fsp3) is 0.483. The number of hydrogen-bond donors (Lipinski definition) is 4. The average Bonchev–Trinajstić information content (AvgIpc) is 3.36. The van der Waals surface area contributed by atoms with Crippen LogP contribution in [0.3, 0.4) is 0 Å². The lowest BCUT2D eigenvalue weighted by atomic mass is 9.89. The van der Waals surface area contributed by atoms with Gasteiger partial charge in [0.15, 0.2) is 23.6 Å². The minimum Gasteiger partial charge on any atom is -0.505 e. The fourth-order valence-electron chi connectivity index (χ4n) is 4.88. The van der Waals surface area contributed by atoms with Gasteiger partial charge in [0.05, 0.1) is 11.0 Å². The maximum absolute atomic E-state index is 12.8. The minimum atomic E-state index is -1.47. The zero-order chi connectivity index (χ0) is 30.9. The number of aryl methyl sites for hydroxylation is 2. The van der Waals surface area contributed by atoms with E-state index >= 15 is 0 Å². The number of aliphatic hydroxyl groups excluding tert-OH is 1. The summed E-state index contributed by atoms with van der Waals surface area (Å²) >= 11 is 0. The van der Waals surface area contributed by atoms with Crippen LogP contribution in [0.25, 0.3) is 11.0 Å². The van der Waals surface area contributed by atoms with Crippen LogP contribution < -0.4 is 15.7 Å². The summed E-state index contributed by atoms with van der Waals surface area (Å²) in [5.74, 6) is -1.41. The molecular weight excluding hydrogens is 550 g/mol. The highest BCUT2D eigenvalue weighted by atomic mass is 16.7. The van der Waals surface area contributed by atoms with Crippen LogP contribution in [0.1, 0.15) is 42.0 Å².